The molecule has 1 aromatic carbocycles. The van der Waals surface area contributed by atoms with Crippen LogP contribution in [0.3, 0.4) is 0 Å². The summed E-state index contributed by atoms with van der Waals surface area (Å²) < 4.78 is 5.06. The van der Waals surface area contributed by atoms with Crippen molar-refractivity contribution in [2.24, 2.45) is 0 Å². The number of benzene rings is 1. The third-order valence-electron chi connectivity index (χ3n) is 2.56. The van der Waals surface area contributed by atoms with Crippen molar-refractivity contribution in [1.82, 2.24) is 4.90 Å². The van der Waals surface area contributed by atoms with Crippen LogP contribution in [0.5, 0.6) is 5.75 Å². The molecule has 0 radical (unpaired) electrons. The second-order valence-corrected chi connectivity index (χ2v) is 4.93. The zero-order chi connectivity index (χ0) is 14.7. The van der Waals surface area contributed by atoms with Crippen LogP contribution in [0.15, 0.2) is 29.2 Å². The number of hydrogen-bond acceptors (Lipinski definition) is 5. The number of thioether (sulfide) groups is 1. The first-order chi connectivity index (χ1) is 9.51. The molecule has 1 saturated heterocycles. The Morgan fingerprint density at radius 2 is 2.20 bits per heavy atom. The third-order valence-corrected chi connectivity index (χ3v) is 3.47. The van der Waals surface area contributed by atoms with Gasteiger partial charge in [0.1, 0.15) is 12.3 Å². The number of methoxy groups -OCH3 is 1. The monoisotopic (exact) mass is 293 g/mol. The van der Waals surface area contributed by atoms with Crippen LogP contribution in [0.2, 0.25) is 0 Å². The smallest absolute Gasteiger partial charge is 0.323 e. The maximum Gasteiger partial charge on any atom is 0.323 e. The van der Waals surface area contributed by atoms with Gasteiger partial charge in [0.2, 0.25) is 0 Å². The van der Waals surface area contributed by atoms with Crippen LogP contribution in [0.25, 0.3) is 6.08 Å². The fourth-order valence-electron chi connectivity index (χ4n) is 1.65. The number of hydrogen-bond donors (Lipinski definition) is 1. The third kappa shape index (κ3) is 3.00. The molecule has 6 nitrogen and oxygen atoms in total. The summed E-state index contributed by atoms with van der Waals surface area (Å²) in [6.45, 7) is -0.625. The number of aliphatic carboxylic acids is 1. The molecule has 0 saturated carbocycles. The summed E-state index contributed by atoms with van der Waals surface area (Å²) in [5.74, 6) is -1.19. The second kappa shape index (κ2) is 5.79. The fourth-order valence-corrected chi connectivity index (χ4v) is 2.49. The highest BCUT2D eigenvalue weighted by atomic mass is 32.2. The molecule has 7 heteroatoms. The highest BCUT2D eigenvalue weighted by Gasteiger charge is 2.36. The van der Waals surface area contributed by atoms with Gasteiger partial charge in [0.05, 0.1) is 12.0 Å². The van der Waals surface area contributed by atoms with Crippen LogP contribution in [0.1, 0.15) is 5.56 Å². The topological polar surface area (TPSA) is 83.9 Å². The Hall–Kier alpha value is -2.28. The van der Waals surface area contributed by atoms with Crippen molar-refractivity contribution in [3.05, 3.63) is 34.7 Å². The number of rotatable bonds is 4. The summed E-state index contributed by atoms with van der Waals surface area (Å²) in [6.07, 6.45) is 1.54. The Morgan fingerprint density at radius 3 is 2.85 bits per heavy atom. The van der Waals surface area contributed by atoms with E-state index in [1.165, 1.54) is 13.2 Å². The van der Waals surface area contributed by atoms with Crippen molar-refractivity contribution in [1.29, 1.82) is 0 Å². The summed E-state index contributed by atoms with van der Waals surface area (Å²) in [7, 11) is 1.53. The van der Waals surface area contributed by atoms with Gasteiger partial charge < -0.3 is 9.84 Å². The molecule has 1 aliphatic rings. The molecule has 1 heterocycles. The summed E-state index contributed by atoms with van der Waals surface area (Å²) in [4.78, 5) is 35.0. The normalized spacial score (nSPS) is 16.9. The number of carboxylic acid groups (broad SMARTS) is 1. The van der Waals surface area contributed by atoms with E-state index in [0.29, 0.717) is 16.2 Å². The predicted octanol–water partition coefficient (Wildman–Crippen LogP) is 1.82. The van der Waals surface area contributed by atoms with Crippen LogP contribution in [0, 0.1) is 0 Å². The number of imide groups is 1. The first-order valence-electron chi connectivity index (χ1n) is 5.62. The van der Waals surface area contributed by atoms with Crippen LogP contribution in [-0.2, 0) is 9.59 Å². The molecule has 2 rings (SSSR count). The van der Waals surface area contributed by atoms with E-state index in [9.17, 15) is 14.4 Å². The van der Waals surface area contributed by atoms with E-state index in [1.807, 2.05) is 0 Å². The maximum atomic E-state index is 11.9. The minimum Gasteiger partial charge on any atom is -0.497 e. The van der Waals surface area contributed by atoms with Crippen molar-refractivity contribution in [2.75, 3.05) is 13.7 Å². The molecule has 0 aromatic heterocycles. The largest absolute Gasteiger partial charge is 0.497 e. The average Bonchev–Trinajstić information content (AvgIpc) is 2.66. The summed E-state index contributed by atoms with van der Waals surface area (Å²) in [6, 6.07) is 6.98. The number of carbonyl (C=O) groups is 3. The number of amides is 2. The maximum absolute atomic E-state index is 11.9. The van der Waals surface area contributed by atoms with Crippen molar-refractivity contribution >= 4 is 35.0 Å². The van der Waals surface area contributed by atoms with Gasteiger partial charge in [-0.05, 0) is 35.5 Å². The number of ether oxygens (including phenoxy) is 1. The predicted molar refractivity (Wildman–Crippen MR) is 73.3 cm³/mol. The lowest BCUT2D eigenvalue weighted by molar-refractivity contribution is -0.140. The van der Waals surface area contributed by atoms with Gasteiger partial charge in [0, 0.05) is 0 Å². The molecule has 20 heavy (non-hydrogen) atoms. The first kappa shape index (κ1) is 14.1. The van der Waals surface area contributed by atoms with Crippen molar-refractivity contribution in [3.63, 3.8) is 0 Å². The van der Waals surface area contributed by atoms with Gasteiger partial charge in [-0.3, -0.25) is 19.3 Å². The lowest BCUT2D eigenvalue weighted by atomic mass is 10.2. The second-order valence-electron chi connectivity index (χ2n) is 3.94. The lowest BCUT2D eigenvalue weighted by Crippen LogP contribution is -2.33. The highest BCUT2D eigenvalue weighted by molar-refractivity contribution is 8.18. The van der Waals surface area contributed by atoms with Gasteiger partial charge in [-0.15, -0.1) is 0 Å². The zero-order valence-corrected chi connectivity index (χ0v) is 11.3. The van der Waals surface area contributed by atoms with E-state index >= 15 is 0 Å². The molecule has 0 atom stereocenters. The molecule has 0 spiro atoms. The average molecular weight is 293 g/mol. The molecule has 1 aromatic rings. The molecular formula is C13H11NO5S. The molecule has 2 amide bonds. The molecule has 1 N–H and O–H groups in total. The van der Waals surface area contributed by atoms with Crippen molar-refractivity contribution < 1.29 is 24.2 Å². The number of nitrogens with zero attached hydrogens (tertiary/aromatic N) is 1. The molecule has 1 fully saturated rings. The van der Waals surface area contributed by atoms with Gasteiger partial charge in [0.15, 0.2) is 0 Å². The van der Waals surface area contributed by atoms with Gasteiger partial charge in [0.25, 0.3) is 11.1 Å². The van der Waals surface area contributed by atoms with E-state index in [-0.39, 0.29) is 4.91 Å². The number of carbonyl (C=O) groups excluding carboxylic acids is 2. The Morgan fingerprint density at radius 1 is 1.45 bits per heavy atom. The molecule has 1 aliphatic heterocycles. The lowest BCUT2D eigenvalue weighted by Gasteiger charge is -2.07. The van der Waals surface area contributed by atoms with Crippen LogP contribution in [-0.4, -0.2) is 40.8 Å². The van der Waals surface area contributed by atoms with Crippen LogP contribution >= 0.6 is 11.8 Å². The Bertz CT molecular complexity index is 611. The first-order valence-corrected chi connectivity index (χ1v) is 6.44. The molecule has 0 aliphatic carbocycles. The fraction of sp³-hybridized carbons (Fsp3) is 0.154. The molecule has 104 valence electrons. The SMILES string of the molecule is COc1cccc(/C=C2/SC(=O)N(CC(=O)O)C2=O)c1. The van der Waals surface area contributed by atoms with E-state index in [0.717, 1.165) is 11.8 Å². The Kier molecular flexibility index (Phi) is 4.09. The Labute approximate surface area is 119 Å². The van der Waals surface area contributed by atoms with E-state index in [2.05, 4.69) is 0 Å². The number of carboxylic acids is 1. The molecule has 0 bridgehead atoms. The molecule has 0 unspecified atom stereocenters. The van der Waals surface area contributed by atoms with E-state index in [1.54, 1.807) is 24.3 Å². The van der Waals surface area contributed by atoms with Gasteiger partial charge >= 0.3 is 5.97 Å². The minimum atomic E-state index is -1.23. The highest BCUT2D eigenvalue weighted by Crippen LogP contribution is 2.32. The zero-order valence-electron chi connectivity index (χ0n) is 10.5. The molecular weight excluding hydrogens is 282 g/mol. The van der Waals surface area contributed by atoms with Crippen LogP contribution in [0.4, 0.5) is 4.79 Å². The summed E-state index contributed by atoms with van der Waals surface area (Å²) in [5.41, 5.74) is 0.699. The van der Waals surface area contributed by atoms with E-state index in [4.69, 9.17) is 9.84 Å². The minimum absolute atomic E-state index is 0.199. The summed E-state index contributed by atoms with van der Waals surface area (Å²) in [5, 5.41) is 8.09. The summed E-state index contributed by atoms with van der Waals surface area (Å²) >= 11 is 0.726. The van der Waals surface area contributed by atoms with Gasteiger partial charge in [-0.1, -0.05) is 12.1 Å². The standard InChI is InChI=1S/C13H11NO5S/c1-19-9-4-2-3-8(5-9)6-10-12(17)14(7-11(15)16)13(18)20-10/h2-6H,7H2,1H3,(H,15,16)/b10-6+. The van der Waals surface area contributed by atoms with Gasteiger partial charge in [-0.25, -0.2) is 0 Å². The Balaban J connectivity index is 2.25. The van der Waals surface area contributed by atoms with Crippen molar-refractivity contribution in [2.45, 2.75) is 0 Å². The van der Waals surface area contributed by atoms with Gasteiger partial charge in [-0.2, -0.15) is 0 Å². The quantitative estimate of drug-likeness (QED) is 0.852. The van der Waals surface area contributed by atoms with Crippen molar-refractivity contribution in [3.8, 4) is 5.75 Å². The van der Waals surface area contributed by atoms with Crippen LogP contribution < -0.4 is 4.74 Å². The van der Waals surface area contributed by atoms with E-state index < -0.39 is 23.7 Å².